The summed E-state index contributed by atoms with van der Waals surface area (Å²) >= 11 is 0. The molecule has 1 amide bonds. The van der Waals surface area contributed by atoms with Gasteiger partial charge in [-0.1, -0.05) is 27.0 Å². The zero-order chi connectivity index (χ0) is 14.9. The van der Waals surface area contributed by atoms with E-state index in [4.69, 9.17) is 9.66 Å². The second kappa shape index (κ2) is 8.43. The zero-order valence-corrected chi connectivity index (χ0v) is 11.0. The number of carbonyl (C=O) groups is 2. The number of carboxylic acids is 1. The van der Waals surface area contributed by atoms with Crippen molar-refractivity contribution in [2.75, 3.05) is 0 Å². The Balaban J connectivity index is 0. The summed E-state index contributed by atoms with van der Waals surface area (Å²) in [6, 6.07) is 0. The van der Waals surface area contributed by atoms with Crippen molar-refractivity contribution in [3.8, 4) is 0 Å². The fourth-order valence-electron chi connectivity index (χ4n) is 0.784. The number of carboxylic acid groups (broad SMARTS) is 1. The summed E-state index contributed by atoms with van der Waals surface area (Å²) in [6.07, 6.45) is 1.78. The maximum atomic E-state index is 10.8. The molecule has 18 heavy (non-hydrogen) atoms. The molecule has 1 unspecified atom stereocenters. The maximum absolute atomic E-state index is 10.8. The van der Waals surface area contributed by atoms with Crippen molar-refractivity contribution in [2.45, 2.75) is 19.2 Å². The van der Waals surface area contributed by atoms with Crippen LogP contribution in [0.25, 0.3) is 0 Å². The number of rotatable bonds is 5. The van der Waals surface area contributed by atoms with Crippen molar-refractivity contribution in [1.29, 1.82) is 0 Å². The Morgan fingerprint density at radius 2 is 1.61 bits per heavy atom. The van der Waals surface area contributed by atoms with Gasteiger partial charge in [0.2, 0.25) is 5.91 Å². The molecule has 0 aliphatic rings. The third-order valence-electron chi connectivity index (χ3n) is 1.57. The summed E-state index contributed by atoms with van der Waals surface area (Å²) in [4.78, 5) is 20.0. The van der Waals surface area contributed by atoms with Gasteiger partial charge in [0, 0.05) is 6.08 Å². The predicted molar refractivity (Wildman–Crippen MR) is 66.3 cm³/mol. The van der Waals surface area contributed by atoms with E-state index < -0.39 is 33.3 Å². The predicted octanol–water partition coefficient (Wildman–Crippen LogP) is 0.416. The van der Waals surface area contributed by atoms with Crippen LogP contribution in [0.4, 0.5) is 0 Å². The van der Waals surface area contributed by atoms with E-state index in [0.29, 0.717) is 0 Å². The molecule has 0 aromatic rings. The molecule has 0 saturated carbocycles. The summed E-state index contributed by atoms with van der Waals surface area (Å²) in [5.74, 6) is -2.01. The van der Waals surface area contributed by atoms with Gasteiger partial charge >= 0.3 is 5.97 Å². The molecular weight excluding hydrogens is 262 g/mol. The van der Waals surface area contributed by atoms with Crippen molar-refractivity contribution in [2.24, 2.45) is 5.92 Å². The van der Waals surface area contributed by atoms with Crippen LogP contribution >= 0.6 is 0 Å². The summed E-state index contributed by atoms with van der Waals surface area (Å²) in [5, 5.41) is 8.44. The molecule has 0 rings (SSSR count). The molecule has 0 bridgehead atoms. The fraction of sp³-hybridized carbons (Fsp3) is 0.400. The molecule has 0 spiro atoms. The number of aliphatic carboxylic acids is 1. The largest absolute Gasteiger partial charge is 0.478 e. The van der Waals surface area contributed by atoms with Crippen LogP contribution in [-0.4, -0.2) is 35.3 Å². The standard InChI is InChI=1S/C7H13NO4S.C3H4O2/c1-4-6(9)8-7(5(2)3)13(10,11)12;1-2-3(4)5/h4-5,7H,1H2,2-3H3,(H,8,9)(H,10,11,12);2H,1H2,(H,4,5). The Hall–Kier alpha value is -1.67. The van der Waals surface area contributed by atoms with E-state index in [1.54, 1.807) is 13.8 Å². The number of hydrogen-bond acceptors (Lipinski definition) is 4. The number of hydrogen-bond donors (Lipinski definition) is 3. The summed E-state index contributed by atoms with van der Waals surface area (Å²) in [7, 11) is -4.25. The molecule has 0 saturated heterocycles. The van der Waals surface area contributed by atoms with Gasteiger partial charge in [0.15, 0.2) is 5.37 Å². The van der Waals surface area contributed by atoms with Crippen LogP contribution in [0.2, 0.25) is 0 Å². The van der Waals surface area contributed by atoms with Gasteiger partial charge in [-0.05, 0) is 12.0 Å². The highest BCUT2D eigenvalue weighted by Crippen LogP contribution is 2.07. The van der Waals surface area contributed by atoms with Crippen LogP contribution in [0.15, 0.2) is 25.3 Å². The smallest absolute Gasteiger partial charge is 0.327 e. The van der Waals surface area contributed by atoms with Crippen molar-refractivity contribution in [1.82, 2.24) is 5.32 Å². The van der Waals surface area contributed by atoms with Gasteiger partial charge in [-0.25, -0.2) is 4.79 Å². The first-order valence-corrected chi connectivity index (χ1v) is 6.31. The van der Waals surface area contributed by atoms with Crippen molar-refractivity contribution in [3.63, 3.8) is 0 Å². The van der Waals surface area contributed by atoms with Crippen LogP contribution in [0.1, 0.15) is 13.8 Å². The second-order valence-corrected chi connectivity index (χ2v) is 4.97. The first kappa shape index (κ1) is 18.7. The van der Waals surface area contributed by atoms with Gasteiger partial charge in [-0.3, -0.25) is 9.35 Å². The lowest BCUT2D eigenvalue weighted by molar-refractivity contribution is -0.131. The van der Waals surface area contributed by atoms with Crippen LogP contribution in [0, 0.1) is 5.92 Å². The molecule has 0 aromatic carbocycles. The SMILES string of the molecule is C=CC(=O)NC(C(C)C)S(=O)(=O)O.C=CC(=O)O. The van der Waals surface area contributed by atoms with Crippen molar-refractivity contribution >= 4 is 22.0 Å². The third kappa shape index (κ3) is 9.55. The number of amides is 1. The minimum atomic E-state index is -4.25. The average molecular weight is 279 g/mol. The summed E-state index contributed by atoms with van der Waals surface area (Å²) < 4.78 is 30.2. The molecule has 0 aliphatic carbocycles. The number of carbonyl (C=O) groups excluding carboxylic acids is 1. The third-order valence-corrected chi connectivity index (χ3v) is 2.87. The first-order valence-electron chi connectivity index (χ1n) is 4.80. The van der Waals surface area contributed by atoms with Gasteiger partial charge in [0.25, 0.3) is 10.1 Å². The van der Waals surface area contributed by atoms with E-state index in [1.165, 1.54) is 0 Å². The van der Waals surface area contributed by atoms with E-state index in [1.807, 2.05) is 0 Å². The molecule has 0 aliphatic heterocycles. The van der Waals surface area contributed by atoms with E-state index in [9.17, 15) is 18.0 Å². The van der Waals surface area contributed by atoms with Gasteiger partial charge in [0.1, 0.15) is 0 Å². The van der Waals surface area contributed by atoms with Crippen LogP contribution in [0.5, 0.6) is 0 Å². The van der Waals surface area contributed by atoms with Crippen LogP contribution < -0.4 is 5.32 Å². The van der Waals surface area contributed by atoms with Gasteiger partial charge in [-0.2, -0.15) is 8.42 Å². The Bertz CT molecular complexity index is 412. The Labute approximate surface area is 106 Å². The van der Waals surface area contributed by atoms with Crippen molar-refractivity contribution < 1.29 is 27.7 Å². The Morgan fingerprint density at radius 1 is 1.22 bits per heavy atom. The quantitative estimate of drug-likeness (QED) is 0.495. The number of nitrogens with one attached hydrogen (secondary N) is 1. The molecule has 0 heterocycles. The van der Waals surface area contributed by atoms with E-state index in [0.717, 1.165) is 12.2 Å². The maximum Gasteiger partial charge on any atom is 0.327 e. The normalized spacial score (nSPS) is 11.8. The second-order valence-electron chi connectivity index (χ2n) is 3.43. The molecule has 8 heteroatoms. The lowest BCUT2D eigenvalue weighted by atomic mass is 10.2. The lowest BCUT2D eigenvalue weighted by Gasteiger charge is -2.17. The van der Waals surface area contributed by atoms with Crippen LogP contribution in [0.3, 0.4) is 0 Å². The molecular formula is C10H17NO6S. The molecule has 7 nitrogen and oxygen atoms in total. The Kier molecular flexibility index (Phi) is 8.75. The minimum Gasteiger partial charge on any atom is -0.478 e. The van der Waals surface area contributed by atoms with E-state index >= 15 is 0 Å². The van der Waals surface area contributed by atoms with Gasteiger partial charge in [-0.15, -0.1) is 0 Å². The monoisotopic (exact) mass is 279 g/mol. The lowest BCUT2D eigenvalue weighted by Crippen LogP contribution is -2.43. The summed E-state index contributed by atoms with van der Waals surface area (Å²) in [5.41, 5.74) is 0. The highest BCUT2D eigenvalue weighted by atomic mass is 32.2. The average Bonchev–Trinajstić information content (AvgIpc) is 2.24. The summed E-state index contributed by atoms with van der Waals surface area (Å²) in [6.45, 7) is 9.27. The first-order chi connectivity index (χ1) is 8.06. The molecule has 3 N–H and O–H groups in total. The zero-order valence-electron chi connectivity index (χ0n) is 10.2. The van der Waals surface area contributed by atoms with Crippen molar-refractivity contribution in [3.05, 3.63) is 25.3 Å². The molecule has 0 aromatic heterocycles. The molecule has 104 valence electrons. The van der Waals surface area contributed by atoms with E-state index in [2.05, 4.69) is 18.5 Å². The highest BCUT2D eigenvalue weighted by molar-refractivity contribution is 7.86. The fourth-order valence-corrected chi connectivity index (χ4v) is 1.74. The van der Waals surface area contributed by atoms with Gasteiger partial charge in [0.05, 0.1) is 0 Å². The Morgan fingerprint density at radius 3 is 1.78 bits per heavy atom. The molecule has 1 atom stereocenters. The van der Waals surface area contributed by atoms with E-state index in [-0.39, 0.29) is 0 Å². The highest BCUT2D eigenvalue weighted by Gasteiger charge is 2.27. The molecule has 0 fully saturated rings. The van der Waals surface area contributed by atoms with Gasteiger partial charge < -0.3 is 10.4 Å². The molecule has 0 radical (unpaired) electrons. The topological polar surface area (TPSA) is 121 Å². The minimum absolute atomic E-state index is 0.404. The van der Waals surface area contributed by atoms with Crippen LogP contribution in [-0.2, 0) is 19.7 Å².